The number of carbonyl (C=O) groups excluding carboxylic acids is 3. The van der Waals surface area contributed by atoms with Crippen molar-refractivity contribution < 1.29 is 29.0 Å². The largest absolute Gasteiger partial charge is 0.494 e. The number of primary amides is 1. The Morgan fingerprint density at radius 3 is 1.98 bits per heavy atom. The van der Waals surface area contributed by atoms with Crippen molar-refractivity contribution in [2.24, 2.45) is 5.73 Å². The zero-order valence-electron chi connectivity index (χ0n) is 31.1. The zero-order chi connectivity index (χ0) is 38.4. The average molecular weight is 722 g/mol. The van der Waals surface area contributed by atoms with Crippen molar-refractivity contribution in [1.82, 2.24) is 20.6 Å². The van der Waals surface area contributed by atoms with Crippen molar-refractivity contribution in [2.45, 2.75) is 96.6 Å². The van der Waals surface area contributed by atoms with Crippen LogP contribution >= 0.6 is 0 Å². The zero-order valence-corrected chi connectivity index (χ0v) is 31.1. The maximum Gasteiger partial charge on any atom is 0.326 e. The summed E-state index contributed by atoms with van der Waals surface area (Å²) in [6, 6.07) is 19.8. The molecule has 0 aliphatic heterocycles. The molecule has 0 saturated carbocycles. The van der Waals surface area contributed by atoms with E-state index >= 15 is 0 Å². The van der Waals surface area contributed by atoms with Crippen LogP contribution in [0.25, 0.3) is 22.5 Å². The van der Waals surface area contributed by atoms with Crippen LogP contribution in [0, 0.1) is 0 Å². The Labute approximate surface area is 311 Å². The molecule has 3 amide bonds. The van der Waals surface area contributed by atoms with Crippen LogP contribution in [-0.4, -0.2) is 57.5 Å². The molecule has 0 spiro atoms. The van der Waals surface area contributed by atoms with Gasteiger partial charge in [-0.15, -0.1) is 0 Å². The summed E-state index contributed by atoms with van der Waals surface area (Å²) in [5.41, 5.74) is 9.80. The second-order valence-electron chi connectivity index (χ2n) is 14.2. The number of unbranched alkanes of at least 4 members (excludes halogenated alkanes) is 4. The molecule has 0 aliphatic rings. The van der Waals surface area contributed by atoms with Crippen molar-refractivity contribution in [1.29, 1.82) is 0 Å². The van der Waals surface area contributed by atoms with Gasteiger partial charge in [0.2, 0.25) is 11.8 Å². The van der Waals surface area contributed by atoms with Crippen molar-refractivity contribution in [3.05, 3.63) is 102 Å². The monoisotopic (exact) mass is 721 g/mol. The van der Waals surface area contributed by atoms with Crippen LogP contribution in [0.4, 0.5) is 0 Å². The SMILES string of the molecule is CCCCCCCOc1ccc(-c2cnc(-c3ccc(CC(NC(=O)c4ccc(C(C)(C)C)cc4)C(=O)NC(CCC(N)=O)C(=O)O)cc3)nc2)cc1. The number of nitrogens with zero attached hydrogens (tertiary/aromatic N) is 2. The van der Waals surface area contributed by atoms with Gasteiger partial charge in [0.05, 0.1) is 6.61 Å². The van der Waals surface area contributed by atoms with E-state index in [1.165, 1.54) is 25.7 Å². The number of hydrogen-bond donors (Lipinski definition) is 4. The van der Waals surface area contributed by atoms with E-state index in [0.717, 1.165) is 34.4 Å². The van der Waals surface area contributed by atoms with Gasteiger partial charge >= 0.3 is 5.97 Å². The Morgan fingerprint density at radius 2 is 1.40 bits per heavy atom. The van der Waals surface area contributed by atoms with Crippen molar-refractivity contribution in [3.8, 4) is 28.3 Å². The van der Waals surface area contributed by atoms with Crippen LogP contribution in [0.3, 0.4) is 0 Å². The fourth-order valence-electron chi connectivity index (χ4n) is 5.68. The molecule has 2 unspecified atom stereocenters. The van der Waals surface area contributed by atoms with E-state index in [1.54, 1.807) is 24.5 Å². The predicted octanol–water partition coefficient (Wildman–Crippen LogP) is 6.63. The van der Waals surface area contributed by atoms with Crippen LogP contribution in [0.2, 0.25) is 0 Å². The summed E-state index contributed by atoms with van der Waals surface area (Å²) >= 11 is 0. The molecule has 1 heterocycles. The van der Waals surface area contributed by atoms with E-state index in [-0.39, 0.29) is 24.7 Å². The third-order valence-electron chi connectivity index (χ3n) is 8.94. The smallest absolute Gasteiger partial charge is 0.326 e. The van der Waals surface area contributed by atoms with Gasteiger partial charge in [0.15, 0.2) is 5.82 Å². The maximum absolute atomic E-state index is 13.5. The Bertz CT molecular complexity index is 1800. The summed E-state index contributed by atoms with van der Waals surface area (Å²) in [5.74, 6) is -1.83. The number of amides is 3. The summed E-state index contributed by atoms with van der Waals surface area (Å²) in [5, 5.41) is 14.9. The number of carbonyl (C=O) groups is 4. The molecule has 53 heavy (non-hydrogen) atoms. The highest BCUT2D eigenvalue weighted by Crippen LogP contribution is 2.25. The second kappa shape index (κ2) is 19.3. The van der Waals surface area contributed by atoms with E-state index in [9.17, 15) is 24.3 Å². The van der Waals surface area contributed by atoms with Crippen LogP contribution < -0.4 is 21.1 Å². The Kier molecular flexibility index (Phi) is 14.6. The number of rotatable bonds is 19. The summed E-state index contributed by atoms with van der Waals surface area (Å²) in [6.45, 7) is 9.12. The average Bonchev–Trinajstić information content (AvgIpc) is 3.14. The van der Waals surface area contributed by atoms with E-state index in [4.69, 9.17) is 10.5 Å². The van der Waals surface area contributed by atoms with Crippen LogP contribution in [0.15, 0.2) is 85.2 Å². The van der Waals surface area contributed by atoms with Crippen molar-refractivity contribution >= 4 is 23.7 Å². The Balaban J connectivity index is 1.44. The van der Waals surface area contributed by atoms with E-state index < -0.39 is 35.8 Å². The summed E-state index contributed by atoms with van der Waals surface area (Å²) < 4.78 is 5.88. The molecule has 5 N–H and O–H groups in total. The lowest BCUT2D eigenvalue weighted by Crippen LogP contribution is -2.52. The van der Waals surface area contributed by atoms with Gasteiger partial charge in [-0.3, -0.25) is 14.4 Å². The first-order valence-electron chi connectivity index (χ1n) is 18.2. The highest BCUT2D eigenvalue weighted by molar-refractivity contribution is 5.98. The van der Waals surface area contributed by atoms with Gasteiger partial charge in [-0.05, 0) is 59.2 Å². The predicted molar refractivity (Wildman–Crippen MR) is 205 cm³/mol. The number of aliphatic carboxylic acids is 1. The fourth-order valence-corrected chi connectivity index (χ4v) is 5.68. The normalized spacial score (nSPS) is 12.4. The van der Waals surface area contributed by atoms with Gasteiger partial charge in [-0.2, -0.15) is 0 Å². The molecule has 11 heteroatoms. The van der Waals surface area contributed by atoms with Gasteiger partial charge in [0, 0.05) is 41.9 Å². The van der Waals surface area contributed by atoms with Gasteiger partial charge in [-0.1, -0.05) is 102 Å². The molecule has 3 aromatic carbocycles. The van der Waals surface area contributed by atoms with Gasteiger partial charge < -0.3 is 26.2 Å². The molecule has 0 saturated heterocycles. The van der Waals surface area contributed by atoms with E-state index in [2.05, 4.69) is 48.3 Å². The molecule has 4 rings (SSSR count). The minimum Gasteiger partial charge on any atom is -0.494 e. The minimum absolute atomic E-state index is 0.0679. The fraction of sp³-hybridized carbons (Fsp3) is 0.381. The number of ether oxygens (including phenoxy) is 1. The molecule has 1 aromatic heterocycles. The van der Waals surface area contributed by atoms with Gasteiger partial charge in [0.1, 0.15) is 17.8 Å². The quantitative estimate of drug-likeness (QED) is 0.0781. The number of nitrogens with two attached hydrogens (primary N) is 1. The molecule has 0 fully saturated rings. The Morgan fingerprint density at radius 1 is 0.774 bits per heavy atom. The standard InChI is InChI=1S/C42H51N5O6/c1-5-6-7-8-9-24-53-34-20-16-29(17-21-34)32-26-44-38(45-27-32)30-12-10-28(11-13-30)25-36(40(50)46-35(41(51)52)22-23-37(43)48)47-39(49)31-14-18-33(19-15-31)42(2,3)4/h10-21,26-27,35-36H,5-9,22-25H2,1-4H3,(H2,43,48)(H,46,50)(H,47,49)(H,51,52). The molecule has 0 bridgehead atoms. The molecule has 0 radical (unpaired) electrons. The second-order valence-corrected chi connectivity index (χ2v) is 14.2. The summed E-state index contributed by atoms with van der Waals surface area (Å²) in [6.07, 6.45) is 9.14. The molecule has 2 atom stereocenters. The van der Waals surface area contributed by atoms with Crippen molar-refractivity contribution in [2.75, 3.05) is 6.61 Å². The number of hydrogen-bond acceptors (Lipinski definition) is 7. The lowest BCUT2D eigenvalue weighted by Gasteiger charge is -2.22. The van der Waals surface area contributed by atoms with Crippen LogP contribution in [0.1, 0.15) is 94.1 Å². The van der Waals surface area contributed by atoms with Crippen molar-refractivity contribution in [3.63, 3.8) is 0 Å². The third-order valence-corrected chi connectivity index (χ3v) is 8.94. The number of benzene rings is 3. The highest BCUT2D eigenvalue weighted by Gasteiger charge is 2.28. The van der Waals surface area contributed by atoms with Crippen LogP contribution in [-0.2, 0) is 26.2 Å². The molecular weight excluding hydrogens is 670 g/mol. The number of nitrogens with one attached hydrogen (secondary N) is 2. The summed E-state index contributed by atoms with van der Waals surface area (Å²) in [7, 11) is 0. The number of carboxylic acid groups (broad SMARTS) is 1. The first-order valence-corrected chi connectivity index (χ1v) is 18.2. The lowest BCUT2D eigenvalue weighted by molar-refractivity contribution is -0.142. The molecular formula is C42H51N5O6. The van der Waals surface area contributed by atoms with Gasteiger partial charge in [-0.25, -0.2) is 14.8 Å². The number of carboxylic acids is 1. The molecule has 4 aromatic rings. The van der Waals surface area contributed by atoms with Crippen LogP contribution in [0.5, 0.6) is 5.75 Å². The number of aromatic nitrogens is 2. The first-order chi connectivity index (χ1) is 25.3. The van der Waals surface area contributed by atoms with E-state index in [1.807, 2.05) is 60.7 Å². The highest BCUT2D eigenvalue weighted by atomic mass is 16.5. The van der Waals surface area contributed by atoms with E-state index in [0.29, 0.717) is 23.6 Å². The molecule has 280 valence electrons. The minimum atomic E-state index is -1.36. The molecule has 11 nitrogen and oxygen atoms in total. The first kappa shape index (κ1) is 40.2. The van der Waals surface area contributed by atoms with Gasteiger partial charge in [0.25, 0.3) is 5.91 Å². The third kappa shape index (κ3) is 12.6. The Hall–Kier alpha value is -5.58. The topological polar surface area (TPSA) is 174 Å². The maximum atomic E-state index is 13.5. The summed E-state index contributed by atoms with van der Waals surface area (Å²) in [4.78, 5) is 59.1. The lowest BCUT2D eigenvalue weighted by atomic mass is 9.86. The molecule has 0 aliphatic carbocycles.